The Bertz CT molecular complexity index is 1120. The van der Waals surface area contributed by atoms with Crippen LogP contribution in [0.3, 0.4) is 0 Å². The average molecular weight is 457 g/mol. The van der Waals surface area contributed by atoms with Crippen molar-refractivity contribution in [2.24, 2.45) is 0 Å². The molecule has 1 atom stereocenters. The van der Waals surface area contributed by atoms with Crippen molar-refractivity contribution in [2.75, 3.05) is 31.1 Å². The van der Waals surface area contributed by atoms with Crippen LogP contribution in [-0.4, -0.2) is 56.9 Å². The number of fused-ring (bicyclic) bond motifs is 1. The van der Waals surface area contributed by atoms with Gasteiger partial charge in [0.1, 0.15) is 15.8 Å². The number of aromatic nitrogens is 2. The number of anilines is 1. The molecule has 2 aromatic rings. The third-order valence-corrected chi connectivity index (χ3v) is 7.34. The molecule has 3 saturated heterocycles. The molecule has 0 radical (unpaired) electrons. The van der Waals surface area contributed by atoms with Crippen molar-refractivity contribution in [3.05, 3.63) is 45.2 Å². The fourth-order valence-corrected chi connectivity index (χ4v) is 5.60. The van der Waals surface area contributed by atoms with E-state index in [1.54, 1.807) is 17.2 Å². The molecule has 162 valence electrons. The lowest BCUT2D eigenvalue weighted by Gasteiger charge is -2.29. The lowest BCUT2D eigenvalue weighted by atomic mass is 10.1. The summed E-state index contributed by atoms with van der Waals surface area (Å²) < 4.78 is 7.73. The highest BCUT2D eigenvalue weighted by molar-refractivity contribution is 8.26. The van der Waals surface area contributed by atoms with Crippen molar-refractivity contribution in [1.82, 2.24) is 14.3 Å². The van der Waals surface area contributed by atoms with Crippen LogP contribution in [0.1, 0.15) is 37.7 Å². The lowest BCUT2D eigenvalue weighted by molar-refractivity contribution is -0.123. The predicted octanol–water partition coefficient (Wildman–Crippen LogP) is 3.07. The Kier molecular flexibility index (Phi) is 5.81. The molecule has 0 N–H and O–H groups in total. The number of amides is 1. The maximum Gasteiger partial charge on any atom is 0.267 e. The molecular weight excluding hydrogens is 432 g/mol. The third kappa shape index (κ3) is 4.02. The second kappa shape index (κ2) is 8.72. The number of piperidine rings is 1. The van der Waals surface area contributed by atoms with Crippen LogP contribution in [0.5, 0.6) is 0 Å². The molecule has 3 aliphatic rings. The van der Waals surface area contributed by atoms with Crippen LogP contribution in [0.25, 0.3) is 11.7 Å². The number of pyridine rings is 1. The molecule has 31 heavy (non-hydrogen) atoms. The molecule has 0 saturated carbocycles. The van der Waals surface area contributed by atoms with E-state index in [1.165, 1.54) is 22.6 Å². The van der Waals surface area contributed by atoms with Crippen molar-refractivity contribution in [3.63, 3.8) is 0 Å². The SMILES string of the molecule is O=C1/C(=C\c2c(N3CCCCC3)nc3ccccn3c2=O)SC(=S)N1C[C@H]1CCCO1. The number of carbonyl (C=O) groups excluding carboxylic acids is 1. The maximum absolute atomic E-state index is 13.4. The zero-order valence-corrected chi connectivity index (χ0v) is 18.8. The van der Waals surface area contributed by atoms with E-state index in [0.29, 0.717) is 32.8 Å². The number of ether oxygens (including phenoxy) is 1. The van der Waals surface area contributed by atoms with E-state index >= 15 is 0 Å². The van der Waals surface area contributed by atoms with Crippen LogP contribution in [0.4, 0.5) is 5.82 Å². The molecule has 2 aromatic heterocycles. The first kappa shape index (κ1) is 20.7. The molecular formula is C22H24N4O3S2. The van der Waals surface area contributed by atoms with Gasteiger partial charge in [-0.1, -0.05) is 30.0 Å². The van der Waals surface area contributed by atoms with Crippen LogP contribution in [-0.2, 0) is 9.53 Å². The monoisotopic (exact) mass is 456 g/mol. The summed E-state index contributed by atoms with van der Waals surface area (Å²) in [7, 11) is 0. The van der Waals surface area contributed by atoms with Gasteiger partial charge in [-0.3, -0.25) is 18.9 Å². The molecule has 0 spiro atoms. The van der Waals surface area contributed by atoms with Gasteiger partial charge in [0, 0.05) is 25.9 Å². The van der Waals surface area contributed by atoms with Gasteiger partial charge in [0.2, 0.25) is 0 Å². The summed E-state index contributed by atoms with van der Waals surface area (Å²) in [6.07, 6.45) is 8.69. The van der Waals surface area contributed by atoms with Gasteiger partial charge in [0.25, 0.3) is 11.5 Å². The highest BCUT2D eigenvalue weighted by Gasteiger charge is 2.35. The van der Waals surface area contributed by atoms with Crippen LogP contribution in [0.2, 0.25) is 0 Å². The smallest absolute Gasteiger partial charge is 0.267 e. The van der Waals surface area contributed by atoms with Crippen LogP contribution < -0.4 is 10.5 Å². The summed E-state index contributed by atoms with van der Waals surface area (Å²) in [6.45, 7) is 2.91. The summed E-state index contributed by atoms with van der Waals surface area (Å²) in [4.78, 5) is 35.6. The summed E-state index contributed by atoms with van der Waals surface area (Å²) in [5.74, 6) is 0.493. The fraction of sp³-hybridized carbons (Fsp3) is 0.455. The van der Waals surface area contributed by atoms with Gasteiger partial charge in [-0.25, -0.2) is 4.98 Å². The zero-order chi connectivity index (χ0) is 21.4. The van der Waals surface area contributed by atoms with Gasteiger partial charge in [0.15, 0.2) is 0 Å². The highest BCUT2D eigenvalue weighted by atomic mass is 32.2. The first-order chi connectivity index (χ1) is 15.1. The summed E-state index contributed by atoms with van der Waals surface area (Å²) in [5.41, 5.74) is 0.884. The lowest BCUT2D eigenvalue weighted by Crippen LogP contribution is -2.35. The summed E-state index contributed by atoms with van der Waals surface area (Å²) in [5, 5.41) is 0. The van der Waals surface area contributed by atoms with Crippen molar-refractivity contribution < 1.29 is 9.53 Å². The number of carbonyl (C=O) groups is 1. The molecule has 7 nitrogen and oxygen atoms in total. The summed E-state index contributed by atoms with van der Waals surface area (Å²) >= 11 is 6.72. The number of rotatable bonds is 4. The minimum atomic E-state index is -0.171. The fourth-order valence-electron chi connectivity index (χ4n) is 4.34. The van der Waals surface area contributed by atoms with Crippen molar-refractivity contribution >= 4 is 51.7 Å². The molecule has 0 aliphatic carbocycles. The maximum atomic E-state index is 13.4. The molecule has 5 rings (SSSR count). The zero-order valence-electron chi connectivity index (χ0n) is 17.2. The number of thiocarbonyl (C=S) groups is 1. The van der Waals surface area contributed by atoms with Crippen LogP contribution in [0, 0.1) is 0 Å². The largest absolute Gasteiger partial charge is 0.376 e. The van der Waals surface area contributed by atoms with Gasteiger partial charge in [-0.15, -0.1) is 0 Å². The Morgan fingerprint density at radius 2 is 2.03 bits per heavy atom. The molecule has 1 amide bonds. The average Bonchev–Trinajstić information content (AvgIpc) is 3.40. The highest BCUT2D eigenvalue weighted by Crippen LogP contribution is 2.34. The van der Waals surface area contributed by atoms with Crippen molar-refractivity contribution in [3.8, 4) is 0 Å². The first-order valence-corrected chi connectivity index (χ1v) is 12.0. The Labute approximate surface area is 190 Å². The van der Waals surface area contributed by atoms with Gasteiger partial charge in [0.05, 0.1) is 23.1 Å². The molecule has 9 heteroatoms. The minimum Gasteiger partial charge on any atom is -0.376 e. The van der Waals surface area contributed by atoms with E-state index in [1.807, 2.05) is 18.2 Å². The van der Waals surface area contributed by atoms with E-state index in [2.05, 4.69) is 4.90 Å². The Morgan fingerprint density at radius 1 is 1.19 bits per heavy atom. The van der Waals surface area contributed by atoms with Gasteiger partial charge >= 0.3 is 0 Å². The van der Waals surface area contributed by atoms with E-state index in [4.69, 9.17) is 21.9 Å². The second-order valence-electron chi connectivity index (χ2n) is 8.06. The van der Waals surface area contributed by atoms with Crippen LogP contribution >= 0.6 is 24.0 Å². The van der Waals surface area contributed by atoms with Crippen molar-refractivity contribution in [1.29, 1.82) is 0 Å². The Hall–Kier alpha value is -2.23. The number of hydrogen-bond acceptors (Lipinski definition) is 7. The standard InChI is InChI=1S/C22H24N4O3S2/c27-20-16(13-17-21(28)26(22(30)31-17)14-15-7-6-12-29-15)19(24-9-3-1-4-10-24)23-18-8-2-5-11-25(18)20/h2,5,8,11,13,15H,1,3-4,6-7,9-10,12,14H2/b17-13+/t15-/m1/s1. The first-order valence-electron chi connectivity index (χ1n) is 10.7. The van der Waals surface area contributed by atoms with E-state index in [0.717, 1.165) is 45.4 Å². The third-order valence-electron chi connectivity index (χ3n) is 5.96. The Balaban J connectivity index is 1.55. The van der Waals surface area contributed by atoms with Crippen LogP contribution in [0.15, 0.2) is 34.1 Å². The van der Waals surface area contributed by atoms with E-state index in [-0.39, 0.29) is 17.6 Å². The van der Waals surface area contributed by atoms with Gasteiger partial charge < -0.3 is 9.64 Å². The molecule has 0 bridgehead atoms. The molecule has 3 fully saturated rings. The van der Waals surface area contributed by atoms with E-state index < -0.39 is 0 Å². The molecule has 0 aromatic carbocycles. The van der Waals surface area contributed by atoms with Crippen molar-refractivity contribution in [2.45, 2.75) is 38.2 Å². The van der Waals surface area contributed by atoms with Gasteiger partial charge in [-0.05, 0) is 50.3 Å². The summed E-state index contributed by atoms with van der Waals surface area (Å²) in [6, 6.07) is 5.51. The topological polar surface area (TPSA) is 67.2 Å². The molecule has 5 heterocycles. The number of thioether (sulfide) groups is 1. The molecule has 0 unspecified atom stereocenters. The van der Waals surface area contributed by atoms with Gasteiger partial charge in [-0.2, -0.15) is 0 Å². The quantitative estimate of drug-likeness (QED) is 0.517. The minimum absolute atomic E-state index is 0.0266. The van der Waals surface area contributed by atoms with E-state index in [9.17, 15) is 9.59 Å². The normalized spacial score (nSPS) is 23.5. The number of hydrogen-bond donors (Lipinski definition) is 0. The second-order valence-corrected chi connectivity index (χ2v) is 9.73. The predicted molar refractivity (Wildman–Crippen MR) is 126 cm³/mol. The number of nitrogens with zero attached hydrogens (tertiary/aromatic N) is 4. The molecule has 3 aliphatic heterocycles. The Morgan fingerprint density at radius 3 is 2.81 bits per heavy atom.